The van der Waals surface area contributed by atoms with Gasteiger partial charge in [-0.1, -0.05) is 11.6 Å². The minimum atomic E-state index is -0.538. The monoisotopic (exact) mass is 395 g/mol. The summed E-state index contributed by atoms with van der Waals surface area (Å²) in [5, 5.41) is 13.7. The maximum Gasteiger partial charge on any atom is 0.415 e. The van der Waals surface area contributed by atoms with E-state index in [2.05, 4.69) is 15.3 Å². The Bertz CT molecular complexity index is 1180. The van der Waals surface area contributed by atoms with E-state index in [9.17, 15) is 14.9 Å². The first-order valence-corrected chi connectivity index (χ1v) is 8.84. The average molecular weight is 396 g/mol. The van der Waals surface area contributed by atoms with Crippen molar-refractivity contribution in [1.29, 1.82) is 5.26 Å². The number of carbonyl (C=O) groups is 1. The highest BCUT2D eigenvalue weighted by atomic mass is 35.5. The molecule has 2 N–H and O–H groups in total. The van der Waals surface area contributed by atoms with Gasteiger partial charge in [0.25, 0.3) is 5.56 Å². The topological polar surface area (TPSA) is 111 Å². The molecule has 4 rings (SSSR count). The molecule has 1 saturated heterocycles. The fourth-order valence-corrected chi connectivity index (χ4v) is 3.15. The van der Waals surface area contributed by atoms with Crippen molar-refractivity contribution in [2.75, 3.05) is 23.4 Å². The Morgan fingerprint density at radius 2 is 2.14 bits per heavy atom. The number of hydrogen-bond donors (Lipinski definition) is 2. The van der Waals surface area contributed by atoms with Crippen LogP contribution in [0.15, 0.2) is 41.2 Å². The molecular weight excluding hydrogens is 382 g/mol. The van der Waals surface area contributed by atoms with Gasteiger partial charge in [-0.05, 0) is 36.4 Å². The standard InChI is InChI=1S/C19H14ClN5O3/c20-14-2-3-15-12(8-14)7-13(18(26)23-15)10-22-16-4-1-11(9-21)17(24-16)25-5-6-28-19(25)27/h1-4,7-8H,5-6,10H2,(H,22,24)(H,23,26). The van der Waals surface area contributed by atoms with Crippen LogP contribution in [0.3, 0.4) is 0 Å². The van der Waals surface area contributed by atoms with Gasteiger partial charge < -0.3 is 15.0 Å². The predicted octanol–water partition coefficient (Wildman–Crippen LogP) is 3.02. The number of amides is 1. The first-order chi connectivity index (χ1) is 13.5. The average Bonchev–Trinajstić information content (AvgIpc) is 3.12. The SMILES string of the molecule is N#Cc1ccc(NCc2cc3cc(Cl)ccc3[nH]c2=O)nc1N1CCOC1=O. The lowest BCUT2D eigenvalue weighted by molar-refractivity contribution is 0.181. The van der Waals surface area contributed by atoms with Crippen molar-refractivity contribution >= 4 is 40.2 Å². The van der Waals surface area contributed by atoms with Crippen molar-refractivity contribution in [1.82, 2.24) is 9.97 Å². The van der Waals surface area contributed by atoms with E-state index in [1.54, 1.807) is 36.4 Å². The second-order valence-corrected chi connectivity index (χ2v) is 6.59. The highest BCUT2D eigenvalue weighted by molar-refractivity contribution is 6.31. The summed E-state index contributed by atoms with van der Waals surface area (Å²) in [7, 11) is 0. The second kappa shape index (κ2) is 7.21. The van der Waals surface area contributed by atoms with Crippen LogP contribution in [0, 0.1) is 11.3 Å². The summed E-state index contributed by atoms with van der Waals surface area (Å²) in [6.45, 7) is 0.785. The number of nitriles is 1. The van der Waals surface area contributed by atoms with Crippen LogP contribution < -0.4 is 15.8 Å². The first-order valence-electron chi connectivity index (χ1n) is 8.46. The number of benzene rings is 1. The zero-order valence-electron chi connectivity index (χ0n) is 14.5. The quantitative estimate of drug-likeness (QED) is 0.702. The molecule has 8 nitrogen and oxygen atoms in total. The molecule has 1 amide bonds. The molecule has 9 heteroatoms. The molecule has 0 saturated carbocycles. The van der Waals surface area contributed by atoms with Crippen LogP contribution in [0.2, 0.25) is 5.02 Å². The maximum absolute atomic E-state index is 12.3. The number of fused-ring (bicyclic) bond motifs is 1. The fourth-order valence-electron chi connectivity index (χ4n) is 2.97. The molecule has 0 bridgehead atoms. The Morgan fingerprint density at radius 1 is 1.29 bits per heavy atom. The van der Waals surface area contributed by atoms with Gasteiger partial charge in [0.15, 0.2) is 5.82 Å². The number of nitrogens with zero attached hydrogens (tertiary/aromatic N) is 3. The fraction of sp³-hybridized carbons (Fsp3) is 0.158. The van der Waals surface area contributed by atoms with Crippen LogP contribution in [0.4, 0.5) is 16.4 Å². The van der Waals surface area contributed by atoms with E-state index < -0.39 is 6.09 Å². The smallest absolute Gasteiger partial charge is 0.415 e. The van der Waals surface area contributed by atoms with Crippen molar-refractivity contribution in [2.24, 2.45) is 0 Å². The van der Waals surface area contributed by atoms with Gasteiger partial charge in [0.05, 0.1) is 12.1 Å². The van der Waals surface area contributed by atoms with E-state index in [0.717, 1.165) is 5.39 Å². The number of H-pyrrole nitrogens is 1. The Hall–Kier alpha value is -3.57. The third kappa shape index (κ3) is 3.35. The molecule has 2 aromatic heterocycles. The van der Waals surface area contributed by atoms with Gasteiger partial charge >= 0.3 is 6.09 Å². The van der Waals surface area contributed by atoms with E-state index in [1.807, 2.05) is 6.07 Å². The van der Waals surface area contributed by atoms with Crippen LogP contribution in [-0.2, 0) is 11.3 Å². The van der Waals surface area contributed by atoms with Crippen molar-refractivity contribution in [3.05, 3.63) is 62.9 Å². The first kappa shape index (κ1) is 17.8. The number of ether oxygens (including phenoxy) is 1. The lowest BCUT2D eigenvalue weighted by atomic mass is 10.1. The van der Waals surface area contributed by atoms with Gasteiger partial charge in [-0.3, -0.25) is 9.69 Å². The summed E-state index contributed by atoms with van der Waals surface area (Å²) in [5.74, 6) is 0.661. The number of hydrogen-bond acceptors (Lipinski definition) is 6. The number of aromatic amines is 1. The van der Waals surface area contributed by atoms with Gasteiger partial charge in [-0.15, -0.1) is 0 Å². The molecule has 0 radical (unpaired) electrons. The van der Waals surface area contributed by atoms with Gasteiger partial charge in [-0.25, -0.2) is 9.78 Å². The molecule has 0 unspecified atom stereocenters. The summed E-state index contributed by atoms with van der Waals surface area (Å²) in [6, 6.07) is 12.2. The summed E-state index contributed by atoms with van der Waals surface area (Å²) >= 11 is 6.02. The summed E-state index contributed by atoms with van der Waals surface area (Å²) in [4.78, 5) is 32.6. The minimum Gasteiger partial charge on any atom is -0.447 e. The number of aromatic nitrogens is 2. The molecule has 1 aliphatic rings. The van der Waals surface area contributed by atoms with Gasteiger partial charge in [0.2, 0.25) is 0 Å². The molecule has 1 fully saturated rings. The lowest BCUT2D eigenvalue weighted by Gasteiger charge is -2.15. The largest absolute Gasteiger partial charge is 0.447 e. The molecular formula is C19H14ClN5O3. The number of halogens is 1. The van der Waals surface area contributed by atoms with Crippen LogP contribution in [0.25, 0.3) is 10.9 Å². The van der Waals surface area contributed by atoms with Crippen molar-refractivity contribution < 1.29 is 9.53 Å². The Kier molecular flexibility index (Phi) is 4.59. The zero-order chi connectivity index (χ0) is 19.7. The molecule has 140 valence electrons. The third-order valence-corrected chi connectivity index (χ3v) is 4.59. The minimum absolute atomic E-state index is 0.209. The van der Waals surface area contributed by atoms with E-state index >= 15 is 0 Å². The number of nitrogens with one attached hydrogen (secondary N) is 2. The van der Waals surface area contributed by atoms with Crippen LogP contribution >= 0.6 is 11.6 Å². The molecule has 3 heterocycles. The van der Waals surface area contributed by atoms with Gasteiger partial charge in [0, 0.05) is 28.0 Å². The number of anilines is 2. The van der Waals surface area contributed by atoms with Crippen molar-refractivity contribution in [3.63, 3.8) is 0 Å². The van der Waals surface area contributed by atoms with E-state index in [1.165, 1.54) is 4.90 Å². The van der Waals surface area contributed by atoms with Crippen LogP contribution in [-0.4, -0.2) is 29.2 Å². The van der Waals surface area contributed by atoms with Crippen molar-refractivity contribution in [2.45, 2.75) is 6.54 Å². The molecule has 0 atom stereocenters. The van der Waals surface area contributed by atoms with Gasteiger partial charge in [-0.2, -0.15) is 5.26 Å². The number of rotatable bonds is 4. The van der Waals surface area contributed by atoms with E-state index in [4.69, 9.17) is 16.3 Å². The normalized spacial score (nSPS) is 13.4. The molecule has 0 spiro atoms. The number of cyclic esters (lactones) is 1. The number of carbonyl (C=O) groups excluding carboxylic acids is 1. The lowest BCUT2D eigenvalue weighted by Crippen LogP contribution is -2.25. The summed E-state index contributed by atoms with van der Waals surface area (Å²) in [5.41, 5.74) is 1.24. The Balaban J connectivity index is 1.61. The summed E-state index contributed by atoms with van der Waals surface area (Å²) < 4.78 is 4.92. The van der Waals surface area contributed by atoms with Gasteiger partial charge in [0.1, 0.15) is 18.5 Å². The Morgan fingerprint density at radius 3 is 2.89 bits per heavy atom. The summed E-state index contributed by atoms with van der Waals surface area (Å²) in [6.07, 6.45) is -0.538. The maximum atomic E-state index is 12.3. The molecule has 3 aromatic rings. The van der Waals surface area contributed by atoms with E-state index in [-0.39, 0.29) is 30.1 Å². The molecule has 28 heavy (non-hydrogen) atoms. The molecule has 1 aliphatic heterocycles. The van der Waals surface area contributed by atoms with E-state index in [0.29, 0.717) is 28.5 Å². The molecule has 1 aromatic carbocycles. The molecule has 0 aliphatic carbocycles. The predicted molar refractivity (Wildman–Crippen MR) is 105 cm³/mol. The Labute approximate surface area is 164 Å². The van der Waals surface area contributed by atoms with Crippen LogP contribution in [0.5, 0.6) is 0 Å². The highest BCUT2D eigenvalue weighted by Crippen LogP contribution is 2.23. The highest BCUT2D eigenvalue weighted by Gasteiger charge is 2.27. The van der Waals surface area contributed by atoms with Crippen molar-refractivity contribution in [3.8, 4) is 6.07 Å². The second-order valence-electron chi connectivity index (χ2n) is 6.15. The third-order valence-electron chi connectivity index (χ3n) is 4.36. The zero-order valence-corrected chi connectivity index (χ0v) is 15.3. The van der Waals surface area contributed by atoms with Crippen LogP contribution in [0.1, 0.15) is 11.1 Å². The number of pyridine rings is 2.